The molecule has 0 aliphatic carbocycles. The molecule has 18 heavy (non-hydrogen) atoms. The standard InChI is InChI=1S/C11H13IN2O4/c1-11(2,6-10(15)16)13-8-4-3-7(12)5-9(8)14(17)18/h3-5,13H,6H2,1-2H3,(H,15,16). The second-order valence-corrected chi connectivity index (χ2v) is 5.74. The fourth-order valence-electron chi connectivity index (χ4n) is 1.55. The molecule has 0 aliphatic rings. The topological polar surface area (TPSA) is 92.5 Å². The largest absolute Gasteiger partial charge is 0.481 e. The summed E-state index contributed by atoms with van der Waals surface area (Å²) in [6.07, 6.45) is -0.129. The van der Waals surface area contributed by atoms with Gasteiger partial charge in [-0.05, 0) is 48.6 Å². The summed E-state index contributed by atoms with van der Waals surface area (Å²) in [6, 6.07) is 4.76. The minimum atomic E-state index is -0.958. The monoisotopic (exact) mass is 364 g/mol. The van der Waals surface area contributed by atoms with E-state index in [9.17, 15) is 14.9 Å². The minimum absolute atomic E-state index is 0.0552. The fraction of sp³-hybridized carbons (Fsp3) is 0.364. The van der Waals surface area contributed by atoms with Gasteiger partial charge in [-0.3, -0.25) is 14.9 Å². The van der Waals surface area contributed by atoms with E-state index in [2.05, 4.69) is 5.32 Å². The summed E-state index contributed by atoms with van der Waals surface area (Å²) in [7, 11) is 0. The molecule has 1 aromatic carbocycles. The number of halogens is 1. The molecule has 7 heteroatoms. The Bertz CT molecular complexity index is 488. The number of carboxylic acids is 1. The minimum Gasteiger partial charge on any atom is -0.481 e. The smallest absolute Gasteiger partial charge is 0.305 e. The Kier molecular flexibility index (Phi) is 4.49. The normalized spacial score (nSPS) is 11.1. The van der Waals surface area contributed by atoms with Gasteiger partial charge in [0.1, 0.15) is 5.69 Å². The third-order valence-corrected chi connectivity index (χ3v) is 2.89. The van der Waals surface area contributed by atoms with E-state index in [0.717, 1.165) is 3.57 Å². The molecule has 0 saturated carbocycles. The molecule has 0 saturated heterocycles. The van der Waals surface area contributed by atoms with E-state index in [1.165, 1.54) is 6.07 Å². The molecule has 6 nitrogen and oxygen atoms in total. The zero-order valence-electron chi connectivity index (χ0n) is 9.94. The number of nitrogens with zero attached hydrogens (tertiary/aromatic N) is 1. The van der Waals surface area contributed by atoms with Gasteiger partial charge in [0, 0.05) is 15.2 Å². The van der Waals surface area contributed by atoms with E-state index in [4.69, 9.17) is 5.11 Å². The molecule has 2 N–H and O–H groups in total. The van der Waals surface area contributed by atoms with Crippen molar-refractivity contribution in [2.45, 2.75) is 25.8 Å². The summed E-state index contributed by atoms with van der Waals surface area (Å²) in [5.41, 5.74) is -0.490. The van der Waals surface area contributed by atoms with Crippen molar-refractivity contribution in [1.82, 2.24) is 0 Å². The molecule has 0 heterocycles. The van der Waals surface area contributed by atoms with Crippen molar-refractivity contribution in [3.63, 3.8) is 0 Å². The van der Waals surface area contributed by atoms with Crippen molar-refractivity contribution in [3.05, 3.63) is 31.9 Å². The first-order chi connectivity index (χ1) is 8.21. The number of carboxylic acid groups (broad SMARTS) is 1. The molecule has 0 aliphatic heterocycles. The zero-order valence-corrected chi connectivity index (χ0v) is 12.1. The van der Waals surface area contributed by atoms with Crippen molar-refractivity contribution < 1.29 is 14.8 Å². The van der Waals surface area contributed by atoms with Crippen LogP contribution in [0.4, 0.5) is 11.4 Å². The summed E-state index contributed by atoms with van der Waals surface area (Å²) in [6.45, 7) is 3.37. The Morgan fingerprint density at radius 1 is 1.56 bits per heavy atom. The first-order valence-electron chi connectivity index (χ1n) is 5.15. The molecule has 0 spiro atoms. The van der Waals surface area contributed by atoms with E-state index >= 15 is 0 Å². The maximum Gasteiger partial charge on any atom is 0.305 e. The first-order valence-corrected chi connectivity index (χ1v) is 6.23. The highest BCUT2D eigenvalue weighted by atomic mass is 127. The summed E-state index contributed by atoms with van der Waals surface area (Å²) in [5, 5.41) is 22.6. The van der Waals surface area contributed by atoms with E-state index in [0.29, 0.717) is 5.69 Å². The van der Waals surface area contributed by atoms with E-state index in [-0.39, 0.29) is 12.1 Å². The first kappa shape index (κ1) is 14.7. The maximum atomic E-state index is 10.9. The van der Waals surface area contributed by atoms with Gasteiger partial charge >= 0.3 is 5.97 Å². The lowest BCUT2D eigenvalue weighted by atomic mass is 10.00. The zero-order chi connectivity index (χ0) is 13.9. The number of nitrogens with one attached hydrogen (secondary N) is 1. The molecular weight excluding hydrogens is 351 g/mol. The van der Waals surface area contributed by atoms with E-state index < -0.39 is 16.4 Å². The fourth-order valence-corrected chi connectivity index (χ4v) is 2.02. The van der Waals surface area contributed by atoms with Crippen LogP contribution in [0.15, 0.2) is 18.2 Å². The molecule has 1 rings (SSSR count). The lowest BCUT2D eigenvalue weighted by molar-refractivity contribution is -0.384. The number of hydrogen-bond acceptors (Lipinski definition) is 4. The highest BCUT2D eigenvalue weighted by molar-refractivity contribution is 14.1. The molecule has 0 bridgehead atoms. The number of hydrogen-bond donors (Lipinski definition) is 2. The van der Waals surface area contributed by atoms with Crippen LogP contribution >= 0.6 is 22.6 Å². The van der Waals surface area contributed by atoms with Gasteiger partial charge in [0.25, 0.3) is 5.69 Å². The van der Waals surface area contributed by atoms with Crippen LogP contribution in [0.25, 0.3) is 0 Å². The van der Waals surface area contributed by atoms with Crippen LogP contribution in [-0.4, -0.2) is 21.5 Å². The van der Waals surface area contributed by atoms with Gasteiger partial charge in [-0.15, -0.1) is 0 Å². The predicted molar refractivity (Wildman–Crippen MR) is 75.8 cm³/mol. The van der Waals surface area contributed by atoms with Crippen molar-refractivity contribution >= 4 is 39.9 Å². The number of carbonyl (C=O) groups is 1. The Labute approximate surface area is 118 Å². The van der Waals surface area contributed by atoms with Gasteiger partial charge in [0.15, 0.2) is 0 Å². The van der Waals surface area contributed by atoms with Gasteiger partial charge < -0.3 is 10.4 Å². The van der Waals surface area contributed by atoms with Crippen LogP contribution < -0.4 is 5.32 Å². The molecule has 0 fully saturated rings. The molecule has 0 aromatic heterocycles. The molecule has 1 aromatic rings. The number of benzene rings is 1. The summed E-state index contributed by atoms with van der Waals surface area (Å²) < 4.78 is 0.751. The van der Waals surface area contributed by atoms with Crippen molar-refractivity contribution in [2.75, 3.05) is 5.32 Å². The van der Waals surface area contributed by atoms with Gasteiger partial charge in [-0.2, -0.15) is 0 Å². The van der Waals surface area contributed by atoms with Crippen molar-refractivity contribution in [3.8, 4) is 0 Å². The van der Waals surface area contributed by atoms with Crippen LogP contribution in [0.5, 0.6) is 0 Å². The van der Waals surface area contributed by atoms with Crippen LogP contribution in [-0.2, 0) is 4.79 Å². The number of nitro groups is 1. The average Bonchev–Trinajstić information content (AvgIpc) is 2.18. The molecule has 0 radical (unpaired) electrons. The van der Waals surface area contributed by atoms with Gasteiger partial charge in [0.05, 0.1) is 11.3 Å². The van der Waals surface area contributed by atoms with Crippen LogP contribution in [0.2, 0.25) is 0 Å². The SMILES string of the molecule is CC(C)(CC(=O)O)Nc1ccc(I)cc1[N+](=O)[O-]. The Morgan fingerprint density at radius 3 is 2.67 bits per heavy atom. The van der Waals surface area contributed by atoms with Crippen LogP contribution in [0, 0.1) is 13.7 Å². The lowest BCUT2D eigenvalue weighted by Crippen LogP contribution is -2.33. The molecule has 0 unspecified atom stereocenters. The number of rotatable bonds is 5. The molecular formula is C11H13IN2O4. The summed E-state index contributed by atoms with van der Waals surface area (Å²) in [5.74, 6) is -0.958. The number of aliphatic carboxylic acids is 1. The Hall–Kier alpha value is -1.38. The number of anilines is 1. The van der Waals surface area contributed by atoms with E-state index in [1.807, 2.05) is 22.6 Å². The molecule has 98 valence electrons. The molecule has 0 atom stereocenters. The van der Waals surface area contributed by atoms with Gasteiger partial charge in [-0.1, -0.05) is 0 Å². The third-order valence-electron chi connectivity index (χ3n) is 2.22. The second-order valence-electron chi connectivity index (χ2n) is 4.50. The van der Waals surface area contributed by atoms with Gasteiger partial charge in [-0.25, -0.2) is 0 Å². The quantitative estimate of drug-likeness (QED) is 0.476. The van der Waals surface area contributed by atoms with Gasteiger partial charge in [0.2, 0.25) is 0 Å². The van der Waals surface area contributed by atoms with Crippen LogP contribution in [0.3, 0.4) is 0 Å². The maximum absolute atomic E-state index is 10.9. The highest BCUT2D eigenvalue weighted by Gasteiger charge is 2.25. The third kappa shape index (κ3) is 4.13. The summed E-state index contributed by atoms with van der Waals surface area (Å²) >= 11 is 1.99. The molecule has 0 amide bonds. The lowest BCUT2D eigenvalue weighted by Gasteiger charge is -2.25. The number of nitro benzene ring substituents is 1. The highest BCUT2D eigenvalue weighted by Crippen LogP contribution is 2.29. The second kappa shape index (κ2) is 5.51. The summed E-state index contributed by atoms with van der Waals surface area (Å²) in [4.78, 5) is 21.1. The Balaban J connectivity index is 3.03. The van der Waals surface area contributed by atoms with Crippen molar-refractivity contribution in [2.24, 2.45) is 0 Å². The predicted octanol–water partition coefficient (Wildman–Crippen LogP) is 2.86. The van der Waals surface area contributed by atoms with Crippen LogP contribution in [0.1, 0.15) is 20.3 Å². The Morgan fingerprint density at radius 2 is 2.17 bits per heavy atom. The van der Waals surface area contributed by atoms with E-state index in [1.54, 1.807) is 26.0 Å². The van der Waals surface area contributed by atoms with Crippen molar-refractivity contribution in [1.29, 1.82) is 0 Å². The average molecular weight is 364 g/mol.